The van der Waals surface area contributed by atoms with Crippen molar-refractivity contribution in [3.05, 3.63) is 28.8 Å². The lowest BCUT2D eigenvalue weighted by Crippen LogP contribution is -2.37. The number of halogens is 1. The van der Waals surface area contributed by atoms with Crippen LogP contribution in [0, 0.1) is 16.7 Å². The molecular formula is C14H16ClN3O. The Kier molecular flexibility index (Phi) is 4.08. The number of hydrogen-bond donors (Lipinski definition) is 2. The lowest BCUT2D eigenvalue weighted by Gasteiger charge is -2.25. The van der Waals surface area contributed by atoms with E-state index < -0.39 is 0 Å². The fourth-order valence-electron chi connectivity index (χ4n) is 2.35. The largest absolute Gasteiger partial charge is 0.326 e. The van der Waals surface area contributed by atoms with Gasteiger partial charge in [0.05, 0.1) is 16.0 Å². The number of carbonyl (C=O) groups excluding carboxylic acids is 1. The first-order chi connectivity index (χ1) is 9.11. The molecule has 19 heavy (non-hydrogen) atoms. The zero-order valence-electron chi connectivity index (χ0n) is 10.8. The SMILES string of the molecule is CCC1(C(=O)Nc2ccc(Cl)c(C#N)c2)CCNC1. The van der Waals surface area contributed by atoms with E-state index in [4.69, 9.17) is 16.9 Å². The topological polar surface area (TPSA) is 64.9 Å². The predicted molar refractivity (Wildman–Crippen MR) is 75.0 cm³/mol. The molecule has 100 valence electrons. The Morgan fingerprint density at radius 2 is 2.42 bits per heavy atom. The van der Waals surface area contributed by atoms with Crippen LogP contribution in [0.4, 0.5) is 5.69 Å². The first-order valence-corrected chi connectivity index (χ1v) is 6.71. The van der Waals surface area contributed by atoms with Crippen LogP contribution >= 0.6 is 11.6 Å². The van der Waals surface area contributed by atoms with Crippen LogP contribution in [0.3, 0.4) is 0 Å². The number of benzene rings is 1. The van der Waals surface area contributed by atoms with Crippen LogP contribution in [0.5, 0.6) is 0 Å². The van der Waals surface area contributed by atoms with Crippen molar-refractivity contribution >= 4 is 23.2 Å². The Hall–Kier alpha value is -1.57. The maximum absolute atomic E-state index is 12.4. The fraction of sp³-hybridized carbons (Fsp3) is 0.429. The highest BCUT2D eigenvalue weighted by Gasteiger charge is 2.39. The summed E-state index contributed by atoms with van der Waals surface area (Å²) in [6.07, 6.45) is 1.64. The minimum atomic E-state index is -0.341. The Morgan fingerprint density at radius 1 is 1.63 bits per heavy atom. The van der Waals surface area contributed by atoms with Crippen molar-refractivity contribution in [1.29, 1.82) is 5.26 Å². The van der Waals surface area contributed by atoms with E-state index in [0.717, 1.165) is 19.4 Å². The molecule has 4 nitrogen and oxygen atoms in total. The first kappa shape index (κ1) is 13.9. The number of nitriles is 1. The average Bonchev–Trinajstić information content (AvgIpc) is 2.91. The zero-order chi connectivity index (χ0) is 13.9. The molecule has 1 aliphatic rings. The molecule has 1 aromatic rings. The second kappa shape index (κ2) is 5.60. The summed E-state index contributed by atoms with van der Waals surface area (Å²) in [5.74, 6) is 0.00575. The van der Waals surface area contributed by atoms with Gasteiger partial charge in [0.2, 0.25) is 5.91 Å². The van der Waals surface area contributed by atoms with Crippen LogP contribution in [0.2, 0.25) is 5.02 Å². The van der Waals surface area contributed by atoms with Crippen LogP contribution in [-0.4, -0.2) is 19.0 Å². The average molecular weight is 278 g/mol. The van der Waals surface area contributed by atoms with Gasteiger partial charge in [-0.2, -0.15) is 5.26 Å². The number of nitrogens with zero attached hydrogens (tertiary/aromatic N) is 1. The van der Waals surface area contributed by atoms with Crippen molar-refractivity contribution in [2.24, 2.45) is 5.41 Å². The fourth-order valence-corrected chi connectivity index (χ4v) is 2.51. The number of amides is 1. The summed E-state index contributed by atoms with van der Waals surface area (Å²) < 4.78 is 0. The van der Waals surface area contributed by atoms with Crippen LogP contribution in [0.15, 0.2) is 18.2 Å². The number of hydrogen-bond acceptors (Lipinski definition) is 3. The first-order valence-electron chi connectivity index (χ1n) is 6.33. The summed E-state index contributed by atoms with van der Waals surface area (Å²) >= 11 is 5.87. The smallest absolute Gasteiger partial charge is 0.231 e. The van der Waals surface area contributed by atoms with Crippen molar-refractivity contribution in [3.63, 3.8) is 0 Å². The summed E-state index contributed by atoms with van der Waals surface area (Å²) in [7, 11) is 0. The van der Waals surface area contributed by atoms with Gasteiger partial charge in [-0.1, -0.05) is 18.5 Å². The van der Waals surface area contributed by atoms with E-state index in [0.29, 0.717) is 22.8 Å². The molecule has 0 saturated carbocycles. The molecular weight excluding hydrogens is 262 g/mol. The lowest BCUT2D eigenvalue weighted by atomic mass is 9.83. The standard InChI is InChI=1S/C14H16ClN3O/c1-2-14(5-6-17-9-14)13(19)18-11-3-4-12(15)10(7-11)8-16/h3-4,7,17H,2,5-6,9H2,1H3,(H,18,19). The molecule has 1 heterocycles. The molecule has 1 aliphatic heterocycles. The Balaban J connectivity index is 2.17. The molecule has 0 radical (unpaired) electrons. The predicted octanol–water partition coefficient (Wildman–Crippen LogP) is 2.54. The van der Waals surface area contributed by atoms with E-state index in [9.17, 15) is 4.79 Å². The highest BCUT2D eigenvalue weighted by Crippen LogP contribution is 2.31. The van der Waals surface area contributed by atoms with Gasteiger partial charge in [0.15, 0.2) is 0 Å². The zero-order valence-corrected chi connectivity index (χ0v) is 11.5. The summed E-state index contributed by atoms with van der Waals surface area (Å²) in [6, 6.07) is 6.95. The number of carbonyl (C=O) groups is 1. The van der Waals surface area contributed by atoms with Crippen molar-refractivity contribution in [1.82, 2.24) is 5.32 Å². The van der Waals surface area contributed by atoms with Gasteiger partial charge in [0.25, 0.3) is 0 Å². The minimum absolute atomic E-state index is 0.00575. The molecule has 5 heteroatoms. The maximum Gasteiger partial charge on any atom is 0.231 e. The quantitative estimate of drug-likeness (QED) is 0.892. The van der Waals surface area contributed by atoms with Gasteiger partial charge in [-0.25, -0.2) is 0 Å². The third-order valence-corrected chi connectivity index (χ3v) is 4.08. The van der Waals surface area contributed by atoms with Crippen molar-refractivity contribution in [2.45, 2.75) is 19.8 Å². The van der Waals surface area contributed by atoms with Crippen LogP contribution in [0.25, 0.3) is 0 Å². The molecule has 1 aromatic carbocycles. The van der Waals surface area contributed by atoms with Crippen LogP contribution in [-0.2, 0) is 4.79 Å². The molecule has 1 amide bonds. The Morgan fingerprint density at radius 3 is 3.00 bits per heavy atom. The molecule has 2 rings (SSSR count). The molecule has 0 spiro atoms. The monoisotopic (exact) mass is 277 g/mol. The molecule has 0 aromatic heterocycles. The summed E-state index contributed by atoms with van der Waals surface area (Å²) in [5, 5.41) is 15.4. The van der Waals surface area contributed by atoms with Crippen LogP contribution < -0.4 is 10.6 Å². The van der Waals surface area contributed by atoms with E-state index >= 15 is 0 Å². The molecule has 1 unspecified atom stereocenters. The minimum Gasteiger partial charge on any atom is -0.326 e. The van der Waals surface area contributed by atoms with Gasteiger partial charge in [-0.15, -0.1) is 0 Å². The van der Waals surface area contributed by atoms with E-state index in [1.54, 1.807) is 18.2 Å². The van der Waals surface area contributed by atoms with Gasteiger partial charge in [0.1, 0.15) is 6.07 Å². The summed E-state index contributed by atoms with van der Waals surface area (Å²) in [5.41, 5.74) is 0.645. The number of rotatable bonds is 3. The van der Waals surface area contributed by atoms with E-state index in [1.807, 2.05) is 13.0 Å². The van der Waals surface area contributed by atoms with Gasteiger partial charge in [0, 0.05) is 12.2 Å². The van der Waals surface area contributed by atoms with Gasteiger partial charge < -0.3 is 10.6 Å². The normalized spacial score (nSPS) is 21.9. The van der Waals surface area contributed by atoms with Crippen molar-refractivity contribution in [3.8, 4) is 6.07 Å². The van der Waals surface area contributed by atoms with Gasteiger partial charge in [-0.3, -0.25) is 4.79 Å². The number of nitrogens with one attached hydrogen (secondary N) is 2. The third-order valence-electron chi connectivity index (χ3n) is 3.75. The number of anilines is 1. The Labute approximate surface area is 117 Å². The molecule has 1 atom stereocenters. The van der Waals surface area contributed by atoms with Gasteiger partial charge in [-0.05, 0) is 37.6 Å². The van der Waals surface area contributed by atoms with E-state index in [-0.39, 0.29) is 11.3 Å². The van der Waals surface area contributed by atoms with Crippen LogP contribution in [0.1, 0.15) is 25.3 Å². The molecule has 1 fully saturated rings. The maximum atomic E-state index is 12.4. The van der Waals surface area contributed by atoms with Gasteiger partial charge >= 0.3 is 0 Å². The molecule has 2 N–H and O–H groups in total. The summed E-state index contributed by atoms with van der Waals surface area (Å²) in [4.78, 5) is 12.4. The highest BCUT2D eigenvalue weighted by molar-refractivity contribution is 6.31. The van der Waals surface area contributed by atoms with Crippen molar-refractivity contribution in [2.75, 3.05) is 18.4 Å². The third kappa shape index (κ3) is 2.73. The highest BCUT2D eigenvalue weighted by atomic mass is 35.5. The van der Waals surface area contributed by atoms with E-state index in [1.165, 1.54) is 0 Å². The molecule has 0 aliphatic carbocycles. The van der Waals surface area contributed by atoms with E-state index in [2.05, 4.69) is 10.6 Å². The second-order valence-corrected chi connectivity index (χ2v) is 5.23. The summed E-state index contributed by atoms with van der Waals surface area (Å²) in [6.45, 7) is 3.59. The Bertz CT molecular complexity index is 530. The van der Waals surface area contributed by atoms with Crippen molar-refractivity contribution < 1.29 is 4.79 Å². The molecule has 0 bridgehead atoms. The lowest BCUT2D eigenvalue weighted by molar-refractivity contribution is -0.124. The second-order valence-electron chi connectivity index (χ2n) is 4.82. The molecule has 1 saturated heterocycles.